The number of hydrogen-bond acceptors (Lipinski definition) is 8. The SMILES string of the molecule is CC[C@H]1COC(=O)N1c1ccc(C(F)(F)F)cc1CN(Cc1cc(C(F)(F)F)cc(C(F)(F)F)c1)c1ncc(OCCCC(=O)[O-])cn1. The van der Waals surface area contributed by atoms with E-state index in [1.54, 1.807) is 6.92 Å². The van der Waals surface area contributed by atoms with Crippen molar-refractivity contribution in [2.45, 2.75) is 63.8 Å². The Morgan fingerprint density at radius 1 is 0.938 bits per heavy atom. The second-order valence-corrected chi connectivity index (χ2v) is 10.7. The largest absolute Gasteiger partial charge is 0.550 e. The summed E-state index contributed by atoms with van der Waals surface area (Å²) < 4.78 is 134. The molecule has 4 rings (SSSR count). The van der Waals surface area contributed by atoms with Crippen molar-refractivity contribution in [3.05, 3.63) is 76.6 Å². The highest BCUT2D eigenvalue weighted by molar-refractivity contribution is 5.91. The first-order valence-corrected chi connectivity index (χ1v) is 14.2. The van der Waals surface area contributed by atoms with Gasteiger partial charge < -0.3 is 24.3 Å². The van der Waals surface area contributed by atoms with E-state index in [-0.39, 0.29) is 55.1 Å². The summed E-state index contributed by atoms with van der Waals surface area (Å²) in [5.74, 6) is -1.63. The number of carboxylic acid groups (broad SMARTS) is 1. The Hall–Kier alpha value is -4.77. The molecule has 0 N–H and O–H groups in total. The van der Waals surface area contributed by atoms with Crippen LogP contribution in [0.5, 0.6) is 5.75 Å². The molecule has 1 aliphatic rings. The Morgan fingerprint density at radius 3 is 2.08 bits per heavy atom. The van der Waals surface area contributed by atoms with E-state index in [9.17, 15) is 54.2 Å². The number of carbonyl (C=O) groups excluding carboxylic acids is 2. The fourth-order valence-corrected chi connectivity index (χ4v) is 4.87. The lowest BCUT2D eigenvalue weighted by Gasteiger charge is -2.28. The van der Waals surface area contributed by atoms with Crippen LogP contribution < -0.4 is 19.6 Å². The average Bonchev–Trinajstić information content (AvgIpc) is 3.37. The normalized spacial score (nSPS) is 15.4. The van der Waals surface area contributed by atoms with Gasteiger partial charge in [-0.05, 0) is 66.8 Å². The van der Waals surface area contributed by atoms with Gasteiger partial charge in [0.2, 0.25) is 5.95 Å². The Kier molecular flexibility index (Phi) is 10.6. The number of rotatable bonds is 12. The first-order valence-electron chi connectivity index (χ1n) is 14.2. The summed E-state index contributed by atoms with van der Waals surface area (Å²) in [7, 11) is 0. The van der Waals surface area contributed by atoms with Crippen LogP contribution in [0.15, 0.2) is 48.8 Å². The fraction of sp³-hybridized carbons (Fsp3) is 0.400. The molecule has 0 unspecified atom stereocenters. The third-order valence-electron chi connectivity index (χ3n) is 7.17. The molecule has 1 aliphatic heterocycles. The molecule has 2 heterocycles. The fourth-order valence-electron chi connectivity index (χ4n) is 4.87. The molecular weight excluding hydrogens is 667 g/mol. The van der Waals surface area contributed by atoms with E-state index in [4.69, 9.17) is 9.47 Å². The van der Waals surface area contributed by atoms with Gasteiger partial charge in [0.1, 0.15) is 6.61 Å². The molecule has 48 heavy (non-hydrogen) atoms. The molecule has 0 aliphatic carbocycles. The Labute approximate surface area is 266 Å². The van der Waals surface area contributed by atoms with Crippen LogP contribution >= 0.6 is 0 Å². The molecular formula is C30H26F9N4O5-. The number of aliphatic carboxylic acids is 1. The second kappa shape index (κ2) is 14.1. The third-order valence-corrected chi connectivity index (χ3v) is 7.17. The zero-order chi connectivity index (χ0) is 35.4. The summed E-state index contributed by atoms with van der Waals surface area (Å²) in [5.41, 5.74) is -5.10. The van der Waals surface area contributed by atoms with Gasteiger partial charge in [-0.2, -0.15) is 39.5 Å². The van der Waals surface area contributed by atoms with Gasteiger partial charge in [0.15, 0.2) is 5.75 Å². The lowest BCUT2D eigenvalue weighted by Crippen LogP contribution is -2.35. The molecule has 1 atom stereocenters. The number of halogens is 9. The van der Waals surface area contributed by atoms with Gasteiger partial charge in [0.05, 0.1) is 47.4 Å². The topological polar surface area (TPSA) is 108 Å². The van der Waals surface area contributed by atoms with Crippen molar-refractivity contribution in [1.82, 2.24) is 9.97 Å². The molecule has 3 aromatic rings. The van der Waals surface area contributed by atoms with Crippen LogP contribution in [0.2, 0.25) is 0 Å². The maximum Gasteiger partial charge on any atom is 0.416 e. The molecule has 260 valence electrons. The van der Waals surface area contributed by atoms with Crippen LogP contribution in [0, 0.1) is 0 Å². The highest BCUT2D eigenvalue weighted by atomic mass is 19.4. The van der Waals surface area contributed by atoms with Gasteiger partial charge in [-0.3, -0.25) is 4.90 Å². The summed E-state index contributed by atoms with van der Waals surface area (Å²) in [4.78, 5) is 33.5. The number of cyclic esters (lactones) is 1. The first kappa shape index (κ1) is 36.1. The summed E-state index contributed by atoms with van der Waals surface area (Å²) in [6, 6.07) is 2.76. The summed E-state index contributed by atoms with van der Waals surface area (Å²) in [5, 5.41) is 10.6. The van der Waals surface area contributed by atoms with Gasteiger partial charge in [0.25, 0.3) is 0 Å². The van der Waals surface area contributed by atoms with Gasteiger partial charge in [-0.15, -0.1) is 0 Å². The summed E-state index contributed by atoms with van der Waals surface area (Å²) >= 11 is 0. The second-order valence-electron chi connectivity index (χ2n) is 10.7. The predicted octanol–water partition coefficient (Wildman–Crippen LogP) is 6.38. The minimum absolute atomic E-state index is 0.0147. The van der Waals surface area contributed by atoms with Crippen LogP contribution in [-0.4, -0.2) is 41.3 Å². The van der Waals surface area contributed by atoms with Crippen LogP contribution in [0.25, 0.3) is 0 Å². The highest BCUT2D eigenvalue weighted by Crippen LogP contribution is 2.39. The molecule has 1 fully saturated rings. The minimum Gasteiger partial charge on any atom is -0.550 e. The monoisotopic (exact) mass is 693 g/mol. The first-order chi connectivity index (χ1) is 22.4. The molecule has 9 nitrogen and oxygen atoms in total. The van der Waals surface area contributed by atoms with Crippen molar-refractivity contribution in [2.75, 3.05) is 23.0 Å². The predicted molar refractivity (Wildman–Crippen MR) is 147 cm³/mol. The highest BCUT2D eigenvalue weighted by Gasteiger charge is 2.39. The molecule has 0 radical (unpaired) electrons. The van der Waals surface area contributed by atoms with Crippen molar-refractivity contribution in [3.63, 3.8) is 0 Å². The van der Waals surface area contributed by atoms with Gasteiger partial charge in [-0.25, -0.2) is 14.8 Å². The number of benzene rings is 2. The molecule has 0 spiro atoms. The maximum absolute atomic E-state index is 13.8. The van der Waals surface area contributed by atoms with Crippen LogP contribution in [0.3, 0.4) is 0 Å². The van der Waals surface area contributed by atoms with Gasteiger partial charge in [0, 0.05) is 19.1 Å². The number of nitrogens with zero attached hydrogens (tertiary/aromatic N) is 4. The number of amides is 1. The smallest absolute Gasteiger partial charge is 0.416 e. The van der Waals surface area contributed by atoms with Crippen molar-refractivity contribution < 1.29 is 63.7 Å². The van der Waals surface area contributed by atoms with Crippen molar-refractivity contribution in [2.24, 2.45) is 0 Å². The number of anilines is 2. The van der Waals surface area contributed by atoms with E-state index in [0.29, 0.717) is 24.6 Å². The van der Waals surface area contributed by atoms with Crippen molar-refractivity contribution in [3.8, 4) is 5.75 Å². The third kappa shape index (κ3) is 8.97. The molecule has 18 heteroatoms. The standard InChI is InChI=1S/C30H27F9N4O5/c1-2-22-16-48-27(46)43(22)24-6-5-19(28(31,32)33)10-18(24)15-42(26-40-12-23(13-41-26)47-7-3-4-25(44)45)14-17-8-20(29(34,35)36)11-21(9-17)30(37,38)39/h5-6,8-13,22H,2-4,7,14-16H2,1H3,(H,44,45)/p-1/t22-/m0/s1. The zero-order valence-electron chi connectivity index (χ0n) is 24.9. The van der Waals surface area contributed by atoms with E-state index in [1.807, 2.05) is 0 Å². The number of alkyl halides is 9. The quantitative estimate of drug-likeness (QED) is 0.159. The number of carboxylic acids is 1. The van der Waals surface area contributed by atoms with Crippen molar-refractivity contribution >= 4 is 23.7 Å². The number of aromatic nitrogens is 2. The Bertz CT molecular complexity index is 1580. The number of ether oxygens (including phenoxy) is 2. The summed E-state index contributed by atoms with van der Waals surface area (Å²) in [6.07, 6.45) is -13.8. The van der Waals surface area contributed by atoms with E-state index >= 15 is 0 Å². The molecule has 1 saturated heterocycles. The molecule has 0 bridgehead atoms. The number of carbonyl (C=O) groups is 2. The van der Waals surface area contributed by atoms with E-state index in [1.165, 1.54) is 0 Å². The minimum atomic E-state index is -5.17. The van der Waals surface area contributed by atoms with Gasteiger partial charge >= 0.3 is 24.6 Å². The molecule has 1 amide bonds. The van der Waals surface area contributed by atoms with Crippen LogP contribution in [0.1, 0.15) is 54.0 Å². The van der Waals surface area contributed by atoms with Crippen molar-refractivity contribution in [1.29, 1.82) is 0 Å². The molecule has 2 aromatic carbocycles. The van der Waals surface area contributed by atoms with E-state index < -0.39 is 72.0 Å². The van der Waals surface area contributed by atoms with E-state index in [2.05, 4.69) is 9.97 Å². The lowest BCUT2D eigenvalue weighted by atomic mass is 10.0. The Morgan fingerprint density at radius 2 is 1.54 bits per heavy atom. The molecule has 1 aromatic heterocycles. The van der Waals surface area contributed by atoms with E-state index in [0.717, 1.165) is 34.3 Å². The number of hydrogen-bond donors (Lipinski definition) is 0. The lowest BCUT2D eigenvalue weighted by molar-refractivity contribution is -0.305. The average molecular weight is 694 g/mol. The maximum atomic E-state index is 13.8. The van der Waals surface area contributed by atoms with Crippen LogP contribution in [0.4, 0.5) is 55.9 Å². The molecule has 0 saturated carbocycles. The van der Waals surface area contributed by atoms with Gasteiger partial charge in [-0.1, -0.05) is 6.92 Å². The summed E-state index contributed by atoms with van der Waals surface area (Å²) in [6.45, 7) is 0.164. The Balaban J connectivity index is 1.80. The van der Waals surface area contributed by atoms with Crippen LogP contribution in [-0.2, 0) is 41.1 Å². The zero-order valence-corrected chi connectivity index (χ0v) is 24.9.